The molecule has 1 aliphatic heterocycles. The van der Waals surface area contributed by atoms with Crippen molar-refractivity contribution in [2.24, 2.45) is 5.73 Å². The van der Waals surface area contributed by atoms with E-state index in [-0.39, 0.29) is 17.8 Å². The quantitative estimate of drug-likeness (QED) is 0.880. The van der Waals surface area contributed by atoms with Gasteiger partial charge in [-0.1, -0.05) is 30.3 Å². The topological polar surface area (TPSA) is 35.2 Å². The molecule has 0 saturated carbocycles. The second-order valence-corrected chi connectivity index (χ2v) is 4.54. The first-order chi connectivity index (χ1) is 8.75. The second-order valence-electron chi connectivity index (χ2n) is 4.54. The van der Waals surface area contributed by atoms with Crippen LogP contribution in [0.2, 0.25) is 0 Å². The lowest BCUT2D eigenvalue weighted by molar-refractivity contribution is 0.315. The number of hydrogen-bond acceptors (Lipinski definition) is 2. The molecule has 3 heteroatoms. The zero-order valence-electron chi connectivity index (χ0n) is 9.84. The summed E-state index contributed by atoms with van der Waals surface area (Å²) in [6, 6.07) is 14.1. The molecule has 2 N–H and O–H groups in total. The van der Waals surface area contributed by atoms with Crippen LogP contribution in [0.4, 0.5) is 4.39 Å². The highest BCUT2D eigenvalue weighted by Gasteiger charge is 2.29. The van der Waals surface area contributed by atoms with E-state index in [1.54, 1.807) is 6.07 Å². The molecule has 0 bridgehead atoms. The molecule has 0 spiro atoms. The van der Waals surface area contributed by atoms with Gasteiger partial charge in [-0.05, 0) is 23.8 Å². The number of halogens is 1. The van der Waals surface area contributed by atoms with Crippen LogP contribution in [0.3, 0.4) is 0 Å². The monoisotopic (exact) mass is 243 g/mol. The summed E-state index contributed by atoms with van der Waals surface area (Å²) in [6.45, 7) is 0.553. The van der Waals surface area contributed by atoms with Crippen LogP contribution in [-0.4, -0.2) is 6.61 Å². The second kappa shape index (κ2) is 4.42. The lowest BCUT2D eigenvalue weighted by Gasteiger charge is -2.18. The van der Waals surface area contributed by atoms with Crippen molar-refractivity contribution < 1.29 is 9.13 Å². The molecule has 2 nitrogen and oxygen atoms in total. The van der Waals surface area contributed by atoms with Gasteiger partial charge in [-0.2, -0.15) is 0 Å². The highest BCUT2D eigenvalue weighted by Crippen LogP contribution is 2.39. The van der Waals surface area contributed by atoms with Crippen molar-refractivity contribution in [2.75, 3.05) is 6.61 Å². The third-order valence-electron chi connectivity index (χ3n) is 3.40. The lowest BCUT2D eigenvalue weighted by atomic mass is 9.89. The molecule has 2 unspecified atom stereocenters. The van der Waals surface area contributed by atoms with E-state index in [4.69, 9.17) is 10.5 Å². The van der Waals surface area contributed by atoms with Crippen molar-refractivity contribution in [3.63, 3.8) is 0 Å². The largest absolute Gasteiger partial charge is 0.493 e. The third kappa shape index (κ3) is 1.87. The minimum absolute atomic E-state index is 0.0861. The Morgan fingerprint density at radius 3 is 2.83 bits per heavy atom. The SMILES string of the molecule is NC(c1cccc(F)c1)C1COc2ccccc21. The van der Waals surface area contributed by atoms with Gasteiger partial charge in [0.05, 0.1) is 6.61 Å². The third-order valence-corrected chi connectivity index (χ3v) is 3.40. The standard InChI is InChI=1S/C15H14FNO/c16-11-5-3-4-10(8-11)15(17)13-9-18-14-7-2-1-6-12(13)14/h1-8,13,15H,9,17H2. The van der Waals surface area contributed by atoms with Crippen LogP contribution in [0.25, 0.3) is 0 Å². The van der Waals surface area contributed by atoms with Gasteiger partial charge in [-0.15, -0.1) is 0 Å². The molecule has 0 amide bonds. The predicted molar refractivity (Wildman–Crippen MR) is 68.0 cm³/mol. The van der Waals surface area contributed by atoms with Crippen LogP contribution in [0.5, 0.6) is 5.75 Å². The maximum absolute atomic E-state index is 13.2. The van der Waals surface area contributed by atoms with E-state index < -0.39 is 0 Å². The van der Waals surface area contributed by atoms with E-state index in [0.717, 1.165) is 16.9 Å². The van der Waals surface area contributed by atoms with Crippen molar-refractivity contribution in [2.45, 2.75) is 12.0 Å². The molecule has 3 rings (SSSR count). The summed E-state index contributed by atoms with van der Waals surface area (Å²) in [5, 5.41) is 0. The summed E-state index contributed by atoms with van der Waals surface area (Å²) in [5.74, 6) is 0.715. The highest BCUT2D eigenvalue weighted by molar-refractivity contribution is 5.42. The average molecular weight is 243 g/mol. The average Bonchev–Trinajstić information content (AvgIpc) is 2.82. The van der Waals surface area contributed by atoms with Crippen molar-refractivity contribution in [3.8, 4) is 5.75 Å². The van der Waals surface area contributed by atoms with Gasteiger partial charge in [0.15, 0.2) is 0 Å². The van der Waals surface area contributed by atoms with Gasteiger partial charge in [0.25, 0.3) is 0 Å². The minimum Gasteiger partial charge on any atom is -0.493 e. The summed E-state index contributed by atoms with van der Waals surface area (Å²) in [7, 11) is 0. The molecule has 1 aliphatic rings. The van der Waals surface area contributed by atoms with Gasteiger partial charge in [-0.3, -0.25) is 0 Å². The maximum Gasteiger partial charge on any atom is 0.123 e. The zero-order chi connectivity index (χ0) is 12.5. The van der Waals surface area contributed by atoms with Crippen LogP contribution in [0.1, 0.15) is 23.1 Å². The first-order valence-corrected chi connectivity index (χ1v) is 5.98. The first-order valence-electron chi connectivity index (χ1n) is 5.98. The van der Waals surface area contributed by atoms with Crippen LogP contribution in [-0.2, 0) is 0 Å². The van der Waals surface area contributed by atoms with Crippen LogP contribution in [0.15, 0.2) is 48.5 Å². The Bertz CT molecular complexity index is 570. The molecular formula is C15H14FNO. The Kier molecular flexibility index (Phi) is 2.76. The maximum atomic E-state index is 13.2. The minimum atomic E-state index is -0.254. The van der Waals surface area contributed by atoms with E-state index in [1.165, 1.54) is 12.1 Å². The lowest BCUT2D eigenvalue weighted by Crippen LogP contribution is -2.21. The highest BCUT2D eigenvalue weighted by atomic mass is 19.1. The summed E-state index contributed by atoms with van der Waals surface area (Å²) in [6.07, 6.45) is 0. The van der Waals surface area contributed by atoms with E-state index >= 15 is 0 Å². The van der Waals surface area contributed by atoms with Crippen molar-refractivity contribution in [3.05, 3.63) is 65.5 Å². The number of hydrogen-bond donors (Lipinski definition) is 1. The molecule has 2 aromatic carbocycles. The molecule has 0 radical (unpaired) electrons. The summed E-state index contributed by atoms with van der Waals surface area (Å²) >= 11 is 0. The fraction of sp³-hybridized carbons (Fsp3) is 0.200. The number of ether oxygens (including phenoxy) is 1. The fourth-order valence-electron chi connectivity index (χ4n) is 2.43. The molecule has 0 aromatic heterocycles. The fourth-order valence-corrected chi connectivity index (χ4v) is 2.43. The Hall–Kier alpha value is -1.87. The van der Waals surface area contributed by atoms with E-state index in [1.807, 2.05) is 30.3 Å². The summed E-state index contributed by atoms with van der Waals surface area (Å²) in [4.78, 5) is 0. The molecule has 0 saturated heterocycles. The Balaban J connectivity index is 1.93. The van der Waals surface area contributed by atoms with Crippen molar-refractivity contribution >= 4 is 0 Å². The van der Waals surface area contributed by atoms with E-state index in [9.17, 15) is 4.39 Å². The summed E-state index contributed by atoms with van der Waals surface area (Å²) in [5.41, 5.74) is 8.15. The van der Waals surface area contributed by atoms with Crippen molar-refractivity contribution in [1.82, 2.24) is 0 Å². The number of rotatable bonds is 2. The number of benzene rings is 2. The molecule has 92 valence electrons. The normalized spacial score (nSPS) is 19.1. The Morgan fingerprint density at radius 2 is 2.00 bits per heavy atom. The van der Waals surface area contributed by atoms with Gasteiger partial charge in [-0.25, -0.2) is 4.39 Å². The van der Waals surface area contributed by atoms with Gasteiger partial charge >= 0.3 is 0 Å². The van der Waals surface area contributed by atoms with E-state index in [0.29, 0.717) is 6.61 Å². The molecule has 18 heavy (non-hydrogen) atoms. The first kappa shape index (κ1) is 11.2. The van der Waals surface area contributed by atoms with Crippen LogP contribution in [0, 0.1) is 5.82 Å². The smallest absolute Gasteiger partial charge is 0.123 e. The Morgan fingerprint density at radius 1 is 1.17 bits per heavy atom. The van der Waals surface area contributed by atoms with Gasteiger partial charge in [0, 0.05) is 17.5 Å². The van der Waals surface area contributed by atoms with Gasteiger partial charge in [0.1, 0.15) is 11.6 Å². The Labute approximate surface area is 105 Å². The number of para-hydroxylation sites is 1. The van der Waals surface area contributed by atoms with Gasteiger partial charge < -0.3 is 10.5 Å². The number of nitrogens with two attached hydrogens (primary N) is 1. The zero-order valence-corrected chi connectivity index (χ0v) is 9.84. The van der Waals surface area contributed by atoms with Crippen molar-refractivity contribution in [1.29, 1.82) is 0 Å². The van der Waals surface area contributed by atoms with Gasteiger partial charge in [0.2, 0.25) is 0 Å². The molecule has 2 atom stereocenters. The van der Waals surface area contributed by atoms with E-state index in [2.05, 4.69) is 0 Å². The number of fused-ring (bicyclic) bond motifs is 1. The molecule has 0 aliphatic carbocycles. The molecular weight excluding hydrogens is 229 g/mol. The molecule has 1 heterocycles. The summed E-state index contributed by atoms with van der Waals surface area (Å²) < 4.78 is 18.8. The van der Waals surface area contributed by atoms with Crippen LogP contribution < -0.4 is 10.5 Å². The van der Waals surface area contributed by atoms with Crippen LogP contribution >= 0.6 is 0 Å². The molecule has 0 fully saturated rings. The molecule has 2 aromatic rings. The predicted octanol–water partition coefficient (Wildman–Crippen LogP) is 3.00.